The minimum absolute atomic E-state index is 0.00145. The minimum Gasteiger partial charge on any atom is -0.454 e. The third-order valence-corrected chi connectivity index (χ3v) is 7.06. The highest BCUT2D eigenvalue weighted by molar-refractivity contribution is 7.13. The fraction of sp³-hybridized carbons (Fsp3) is 0.435. The molecule has 8 heteroatoms. The highest BCUT2D eigenvalue weighted by atomic mass is 32.1. The van der Waals surface area contributed by atoms with Crippen molar-refractivity contribution >= 4 is 17.2 Å². The van der Waals surface area contributed by atoms with E-state index in [9.17, 15) is 4.79 Å². The van der Waals surface area contributed by atoms with Gasteiger partial charge in [-0.15, -0.1) is 11.3 Å². The SMILES string of the molecule is O=C(CCc1nc(-c2cccs2)no1)NCC1(c2ccc3c(c2)OCO3)CCCCC1. The number of thiophene rings is 1. The van der Waals surface area contributed by atoms with Crippen LogP contribution in [0.25, 0.3) is 10.7 Å². The quantitative estimate of drug-likeness (QED) is 0.584. The van der Waals surface area contributed by atoms with Gasteiger partial charge in [-0.1, -0.05) is 36.6 Å². The van der Waals surface area contributed by atoms with Crippen LogP contribution in [0.15, 0.2) is 40.2 Å². The zero-order valence-electron chi connectivity index (χ0n) is 17.3. The molecule has 0 bridgehead atoms. The largest absolute Gasteiger partial charge is 0.454 e. The van der Waals surface area contributed by atoms with Crippen molar-refractivity contribution in [3.63, 3.8) is 0 Å². The summed E-state index contributed by atoms with van der Waals surface area (Å²) in [5, 5.41) is 9.14. The number of hydrogen-bond acceptors (Lipinski definition) is 7. The lowest BCUT2D eigenvalue weighted by atomic mass is 9.69. The molecule has 0 unspecified atom stereocenters. The molecule has 0 saturated heterocycles. The minimum atomic E-state index is -0.0638. The molecule has 0 spiro atoms. The fourth-order valence-corrected chi connectivity index (χ4v) is 5.11. The Morgan fingerprint density at radius 1 is 1.13 bits per heavy atom. The van der Waals surface area contributed by atoms with Crippen molar-refractivity contribution in [2.75, 3.05) is 13.3 Å². The molecule has 3 aromatic rings. The molecule has 1 saturated carbocycles. The summed E-state index contributed by atoms with van der Waals surface area (Å²) in [5.41, 5.74) is 1.15. The van der Waals surface area contributed by atoms with E-state index < -0.39 is 0 Å². The number of ether oxygens (including phenoxy) is 2. The number of carbonyl (C=O) groups excluding carboxylic acids is 1. The maximum atomic E-state index is 12.6. The Bertz CT molecular complexity index is 1040. The standard InChI is InChI=1S/C23H25N3O4S/c27-20(8-9-21-25-22(26-30-21)19-5-4-12-31-19)24-14-23(10-2-1-3-11-23)16-6-7-17-18(13-16)29-15-28-17/h4-7,12-13H,1-3,8-11,14-15H2,(H,24,27). The van der Waals surface area contributed by atoms with E-state index in [-0.39, 0.29) is 18.1 Å². The van der Waals surface area contributed by atoms with Gasteiger partial charge in [0.15, 0.2) is 11.5 Å². The number of hydrogen-bond donors (Lipinski definition) is 1. The second-order valence-corrected chi connectivity index (χ2v) is 9.12. The summed E-state index contributed by atoms with van der Waals surface area (Å²) in [5.74, 6) is 2.66. The molecule has 1 amide bonds. The maximum Gasteiger partial charge on any atom is 0.231 e. The van der Waals surface area contributed by atoms with E-state index in [1.165, 1.54) is 12.0 Å². The van der Waals surface area contributed by atoms with E-state index >= 15 is 0 Å². The summed E-state index contributed by atoms with van der Waals surface area (Å²) >= 11 is 1.56. The summed E-state index contributed by atoms with van der Waals surface area (Å²) in [7, 11) is 0. The summed E-state index contributed by atoms with van der Waals surface area (Å²) < 4.78 is 16.3. The second-order valence-electron chi connectivity index (χ2n) is 8.17. The van der Waals surface area contributed by atoms with Gasteiger partial charge < -0.3 is 19.3 Å². The number of nitrogens with zero attached hydrogens (tertiary/aromatic N) is 2. The van der Waals surface area contributed by atoms with Crippen molar-refractivity contribution in [1.29, 1.82) is 0 Å². The lowest BCUT2D eigenvalue weighted by Crippen LogP contribution is -2.42. The molecule has 2 aromatic heterocycles. The molecule has 1 fully saturated rings. The van der Waals surface area contributed by atoms with Gasteiger partial charge in [0, 0.05) is 24.8 Å². The molecule has 1 aliphatic carbocycles. The normalized spacial score (nSPS) is 16.9. The second kappa shape index (κ2) is 8.70. The van der Waals surface area contributed by atoms with Gasteiger partial charge >= 0.3 is 0 Å². The predicted octanol–water partition coefficient (Wildman–Crippen LogP) is 4.48. The van der Waals surface area contributed by atoms with Crippen LogP contribution < -0.4 is 14.8 Å². The Morgan fingerprint density at radius 3 is 2.84 bits per heavy atom. The van der Waals surface area contributed by atoms with E-state index in [0.717, 1.165) is 42.1 Å². The number of benzene rings is 1. The van der Waals surface area contributed by atoms with Crippen LogP contribution in [0.4, 0.5) is 0 Å². The van der Waals surface area contributed by atoms with Crippen LogP contribution in [0.1, 0.15) is 50.0 Å². The van der Waals surface area contributed by atoms with Gasteiger partial charge in [0.1, 0.15) is 0 Å². The summed E-state index contributed by atoms with van der Waals surface area (Å²) in [4.78, 5) is 18.0. The zero-order chi connectivity index (χ0) is 21.1. The molecular formula is C23H25N3O4S. The summed E-state index contributed by atoms with van der Waals surface area (Å²) in [6.45, 7) is 0.891. The molecule has 1 aliphatic heterocycles. The number of aryl methyl sites for hydroxylation is 1. The first-order chi connectivity index (χ1) is 15.2. The first-order valence-corrected chi connectivity index (χ1v) is 11.6. The number of rotatable bonds is 7. The van der Waals surface area contributed by atoms with Crippen molar-refractivity contribution in [2.45, 2.75) is 50.4 Å². The number of nitrogens with one attached hydrogen (secondary N) is 1. The molecule has 1 N–H and O–H groups in total. The number of carbonyl (C=O) groups is 1. The van der Waals surface area contributed by atoms with E-state index in [2.05, 4.69) is 27.6 Å². The smallest absolute Gasteiger partial charge is 0.231 e. The fourth-order valence-electron chi connectivity index (χ4n) is 4.46. The number of amides is 1. The molecule has 7 nitrogen and oxygen atoms in total. The third kappa shape index (κ3) is 4.30. The molecule has 5 rings (SSSR count). The van der Waals surface area contributed by atoms with Crippen molar-refractivity contribution in [2.24, 2.45) is 0 Å². The molecule has 31 heavy (non-hydrogen) atoms. The van der Waals surface area contributed by atoms with Gasteiger partial charge in [-0.2, -0.15) is 4.98 Å². The van der Waals surface area contributed by atoms with Crippen molar-refractivity contribution in [1.82, 2.24) is 15.5 Å². The van der Waals surface area contributed by atoms with Gasteiger partial charge in [0.05, 0.1) is 4.88 Å². The number of aromatic nitrogens is 2. The Morgan fingerprint density at radius 2 is 2.00 bits per heavy atom. The van der Waals surface area contributed by atoms with E-state index in [0.29, 0.717) is 31.1 Å². The van der Waals surface area contributed by atoms with Gasteiger partial charge in [-0.25, -0.2) is 0 Å². The lowest BCUT2D eigenvalue weighted by molar-refractivity contribution is -0.121. The number of fused-ring (bicyclic) bond motifs is 1. The Labute approximate surface area is 184 Å². The van der Waals surface area contributed by atoms with E-state index in [1.807, 2.05) is 23.6 Å². The first kappa shape index (κ1) is 20.1. The third-order valence-electron chi connectivity index (χ3n) is 6.20. The monoisotopic (exact) mass is 439 g/mol. The lowest BCUT2D eigenvalue weighted by Gasteiger charge is -2.38. The maximum absolute atomic E-state index is 12.6. The first-order valence-electron chi connectivity index (χ1n) is 10.8. The Balaban J connectivity index is 1.21. The molecule has 3 heterocycles. The highest BCUT2D eigenvalue weighted by Gasteiger charge is 2.35. The van der Waals surface area contributed by atoms with Crippen LogP contribution in [0.5, 0.6) is 11.5 Å². The van der Waals surface area contributed by atoms with Crippen molar-refractivity contribution in [3.05, 3.63) is 47.2 Å². The molecule has 1 aromatic carbocycles. The van der Waals surface area contributed by atoms with Crippen LogP contribution in [0, 0.1) is 0 Å². The average Bonchev–Trinajstić information content (AvgIpc) is 3.57. The molecule has 162 valence electrons. The van der Waals surface area contributed by atoms with Crippen molar-refractivity contribution in [3.8, 4) is 22.2 Å². The van der Waals surface area contributed by atoms with Crippen LogP contribution in [-0.2, 0) is 16.6 Å². The van der Waals surface area contributed by atoms with Gasteiger partial charge in [-0.05, 0) is 42.0 Å². The van der Waals surface area contributed by atoms with E-state index in [1.54, 1.807) is 11.3 Å². The van der Waals surface area contributed by atoms with E-state index in [4.69, 9.17) is 14.0 Å². The predicted molar refractivity (Wildman–Crippen MR) is 116 cm³/mol. The van der Waals surface area contributed by atoms with Crippen molar-refractivity contribution < 1.29 is 18.8 Å². The van der Waals surface area contributed by atoms with Crippen LogP contribution in [0.3, 0.4) is 0 Å². The molecule has 2 aliphatic rings. The topological polar surface area (TPSA) is 86.5 Å². The Kier molecular flexibility index (Phi) is 5.63. The highest BCUT2D eigenvalue weighted by Crippen LogP contribution is 2.43. The van der Waals surface area contributed by atoms with Crippen LogP contribution >= 0.6 is 11.3 Å². The molecule has 0 atom stereocenters. The van der Waals surface area contributed by atoms with Gasteiger partial charge in [-0.3, -0.25) is 4.79 Å². The summed E-state index contributed by atoms with van der Waals surface area (Å²) in [6.07, 6.45) is 6.44. The summed E-state index contributed by atoms with van der Waals surface area (Å²) in [6, 6.07) is 10.1. The Hall–Kier alpha value is -2.87. The van der Waals surface area contributed by atoms with Crippen LogP contribution in [0.2, 0.25) is 0 Å². The van der Waals surface area contributed by atoms with Gasteiger partial charge in [0.2, 0.25) is 24.4 Å². The van der Waals surface area contributed by atoms with Crippen LogP contribution in [-0.4, -0.2) is 29.4 Å². The van der Waals surface area contributed by atoms with Gasteiger partial charge in [0.25, 0.3) is 0 Å². The average molecular weight is 440 g/mol. The zero-order valence-corrected chi connectivity index (χ0v) is 18.1. The molecule has 0 radical (unpaired) electrons. The molecular weight excluding hydrogens is 414 g/mol.